The van der Waals surface area contributed by atoms with Gasteiger partial charge in [-0.05, 0) is 117 Å². The Balaban J connectivity index is 1.24. The van der Waals surface area contributed by atoms with Gasteiger partial charge in [0.05, 0.1) is 11.4 Å². The molecule has 2 aliphatic carbocycles. The number of pyridine rings is 2. The molecule has 0 radical (unpaired) electrons. The standard InChI is InChI=1S/C37H35N3/c1-25-5-3-7-36(38-25)29-13-19-33(20-14-29)40(34-21-15-30(16-22-34)37-8-4-6-26(2)39-37)32-17-11-28(12-18-32)35-24-27-9-10-31(35)23-27/h3-8,11-22,27,31,35H,9-10,23-24H2,1-2H3. The highest BCUT2D eigenvalue weighted by atomic mass is 15.1. The Morgan fingerprint density at radius 1 is 0.550 bits per heavy atom. The number of nitrogens with zero attached hydrogens (tertiary/aromatic N) is 3. The molecule has 2 aromatic heterocycles. The van der Waals surface area contributed by atoms with E-state index in [1.54, 1.807) is 0 Å². The summed E-state index contributed by atoms with van der Waals surface area (Å²) >= 11 is 0. The quantitative estimate of drug-likeness (QED) is 0.223. The molecule has 198 valence electrons. The van der Waals surface area contributed by atoms with Gasteiger partial charge in [-0.1, -0.05) is 55.0 Å². The molecule has 2 bridgehead atoms. The number of hydrogen-bond acceptors (Lipinski definition) is 3. The van der Waals surface area contributed by atoms with E-state index in [4.69, 9.17) is 9.97 Å². The highest BCUT2D eigenvalue weighted by molar-refractivity contribution is 5.79. The lowest BCUT2D eigenvalue weighted by Gasteiger charge is -2.27. The van der Waals surface area contributed by atoms with Gasteiger partial charge in [0.15, 0.2) is 0 Å². The van der Waals surface area contributed by atoms with Crippen LogP contribution in [-0.4, -0.2) is 9.97 Å². The average molecular weight is 522 g/mol. The largest absolute Gasteiger partial charge is 0.311 e. The minimum Gasteiger partial charge on any atom is -0.311 e. The number of benzene rings is 3. The molecule has 2 fully saturated rings. The van der Waals surface area contributed by atoms with Gasteiger partial charge >= 0.3 is 0 Å². The number of fused-ring (bicyclic) bond motifs is 2. The van der Waals surface area contributed by atoms with Crippen LogP contribution in [0.1, 0.15) is 48.6 Å². The molecule has 3 unspecified atom stereocenters. The third-order valence-electron chi connectivity index (χ3n) is 8.94. The fourth-order valence-electron chi connectivity index (χ4n) is 6.94. The van der Waals surface area contributed by atoms with Crippen molar-refractivity contribution in [1.82, 2.24) is 9.97 Å². The SMILES string of the molecule is Cc1cccc(-c2ccc(N(c3ccc(-c4cccc(C)n4)cc3)c3ccc(C4CC5CCC4C5)cc3)cc2)n1. The van der Waals surface area contributed by atoms with Crippen LogP contribution in [0.15, 0.2) is 109 Å². The van der Waals surface area contributed by atoms with Crippen LogP contribution in [0, 0.1) is 25.7 Å². The van der Waals surface area contributed by atoms with Crippen LogP contribution in [-0.2, 0) is 0 Å². The summed E-state index contributed by atoms with van der Waals surface area (Å²) in [6.07, 6.45) is 5.65. The van der Waals surface area contributed by atoms with Crippen molar-refractivity contribution in [3.8, 4) is 22.5 Å². The van der Waals surface area contributed by atoms with Gasteiger partial charge in [0, 0.05) is 39.6 Å². The summed E-state index contributed by atoms with van der Waals surface area (Å²) in [6.45, 7) is 4.08. The van der Waals surface area contributed by atoms with E-state index in [1.165, 1.54) is 36.9 Å². The molecular weight excluding hydrogens is 486 g/mol. The van der Waals surface area contributed by atoms with Crippen LogP contribution in [0.5, 0.6) is 0 Å². The summed E-state index contributed by atoms with van der Waals surface area (Å²) in [5.41, 5.74) is 11.3. The Bertz CT molecular complexity index is 1530. The van der Waals surface area contributed by atoms with Crippen molar-refractivity contribution >= 4 is 17.1 Å². The van der Waals surface area contributed by atoms with Crippen molar-refractivity contribution in [2.24, 2.45) is 11.8 Å². The van der Waals surface area contributed by atoms with Gasteiger partial charge in [-0.2, -0.15) is 0 Å². The maximum absolute atomic E-state index is 4.72. The zero-order chi connectivity index (χ0) is 27.1. The second kappa shape index (κ2) is 10.4. The van der Waals surface area contributed by atoms with Crippen LogP contribution in [0.25, 0.3) is 22.5 Å². The normalized spacial score (nSPS) is 19.6. The molecule has 0 amide bonds. The number of aryl methyl sites for hydroxylation is 2. The van der Waals surface area contributed by atoms with Gasteiger partial charge in [-0.25, -0.2) is 0 Å². The molecule has 3 nitrogen and oxygen atoms in total. The van der Waals surface area contributed by atoms with E-state index in [0.29, 0.717) is 0 Å². The van der Waals surface area contributed by atoms with E-state index in [0.717, 1.165) is 63.0 Å². The fourth-order valence-corrected chi connectivity index (χ4v) is 6.94. The van der Waals surface area contributed by atoms with Gasteiger partial charge < -0.3 is 4.90 Å². The van der Waals surface area contributed by atoms with Gasteiger partial charge in [-0.3, -0.25) is 9.97 Å². The van der Waals surface area contributed by atoms with E-state index >= 15 is 0 Å². The lowest BCUT2D eigenvalue weighted by atomic mass is 9.83. The summed E-state index contributed by atoms with van der Waals surface area (Å²) in [5, 5.41) is 0. The fraction of sp³-hybridized carbons (Fsp3) is 0.243. The van der Waals surface area contributed by atoms with Gasteiger partial charge in [0.2, 0.25) is 0 Å². The smallest absolute Gasteiger partial charge is 0.0705 e. The van der Waals surface area contributed by atoms with Crippen molar-refractivity contribution < 1.29 is 0 Å². The van der Waals surface area contributed by atoms with E-state index in [2.05, 4.69) is 102 Å². The number of aromatic nitrogens is 2. The predicted molar refractivity (Wildman–Crippen MR) is 165 cm³/mol. The maximum atomic E-state index is 4.72. The molecule has 0 N–H and O–H groups in total. The van der Waals surface area contributed by atoms with Crippen LogP contribution in [0.3, 0.4) is 0 Å². The van der Waals surface area contributed by atoms with Crippen molar-refractivity contribution in [2.75, 3.05) is 4.90 Å². The second-order valence-corrected chi connectivity index (χ2v) is 11.6. The van der Waals surface area contributed by atoms with Crippen molar-refractivity contribution in [3.63, 3.8) is 0 Å². The molecule has 5 aromatic rings. The van der Waals surface area contributed by atoms with E-state index in [9.17, 15) is 0 Å². The molecular formula is C37H35N3. The third kappa shape index (κ3) is 4.81. The summed E-state index contributed by atoms with van der Waals surface area (Å²) in [6, 6.07) is 39.3. The third-order valence-corrected chi connectivity index (χ3v) is 8.94. The Labute approximate surface area is 237 Å². The van der Waals surface area contributed by atoms with Crippen LogP contribution in [0.2, 0.25) is 0 Å². The van der Waals surface area contributed by atoms with E-state index in [-0.39, 0.29) is 0 Å². The average Bonchev–Trinajstić information content (AvgIpc) is 3.63. The molecule has 40 heavy (non-hydrogen) atoms. The molecule has 0 spiro atoms. The Hall–Kier alpha value is -4.24. The minimum atomic E-state index is 0.739. The zero-order valence-corrected chi connectivity index (χ0v) is 23.3. The molecule has 2 saturated carbocycles. The van der Waals surface area contributed by atoms with E-state index in [1.807, 2.05) is 26.0 Å². The molecule has 3 aromatic carbocycles. The monoisotopic (exact) mass is 521 g/mol. The highest BCUT2D eigenvalue weighted by Gasteiger charge is 2.40. The molecule has 7 rings (SSSR count). The Morgan fingerprint density at radius 2 is 1.05 bits per heavy atom. The molecule has 3 heteroatoms. The van der Waals surface area contributed by atoms with Crippen molar-refractivity contribution in [2.45, 2.75) is 45.4 Å². The van der Waals surface area contributed by atoms with Crippen molar-refractivity contribution in [3.05, 3.63) is 126 Å². The summed E-state index contributed by atoms with van der Waals surface area (Å²) < 4.78 is 0. The van der Waals surface area contributed by atoms with Crippen LogP contribution < -0.4 is 4.90 Å². The first-order valence-corrected chi connectivity index (χ1v) is 14.6. The van der Waals surface area contributed by atoms with Crippen molar-refractivity contribution in [1.29, 1.82) is 0 Å². The number of anilines is 3. The Morgan fingerprint density at radius 3 is 1.48 bits per heavy atom. The van der Waals surface area contributed by atoms with Crippen LogP contribution >= 0.6 is 0 Å². The van der Waals surface area contributed by atoms with Gasteiger partial charge in [-0.15, -0.1) is 0 Å². The first kappa shape index (κ1) is 24.8. The lowest BCUT2D eigenvalue weighted by Crippen LogP contribution is -2.11. The minimum absolute atomic E-state index is 0.739. The molecule has 0 saturated heterocycles. The highest BCUT2D eigenvalue weighted by Crippen LogP contribution is 2.53. The zero-order valence-electron chi connectivity index (χ0n) is 23.3. The first-order valence-electron chi connectivity index (χ1n) is 14.6. The Kier molecular flexibility index (Phi) is 6.43. The topological polar surface area (TPSA) is 29.0 Å². The summed E-state index contributed by atoms with van der Waals surface area (Å²) in [7, 11) is 0. The maximum Gasteiger partial charge on any atom is 0.0705 e. The van der Waals surface area contributed by atoms with E-state index < -0.39 is 0 Å². The second-order valence-electron chi connectivity index (χ2n) is 11.6. The van der Waals surface area contributed by atoms with Gasteiger partial charge in [0.25, 0.3) is 0 Å². The lowest BCUT2D eigenvalue weighted by molar-refractivity contribution is 0.420. The number of hydrogen-bond donors (Lipinski definition) is 0. The number of rotatable bonds is 6. The summed E-state index contributed by atoms with van der Waals surface area (Å²) in [4.78, 5) is 11.8. The predicted octanol–water partition coefficient (Wildman–Crippen LogP) is 9.80. The molecule has 3 atom stereocenters. The molecule has 0 aliphatic heterocycles. The molecule has 2 heterocycles. The first-order chi connectivity index (χ1) is 19.6. The van der Waals surface area contributed by atoms with Crippen LogP contribution in [0.4, 0.5) is 17.1 Å². The van der Waals surface area contributed by atoms with Gasteiger partial charge in [0.1, 0.15) is 0 Å². The summed E-state index contributed by atoms with van der Waals surface area (Å²) in [5.74, 6) is 2.58. The molecule has 2 aliphatic rings.